The summed E-state index contributed by atoms with van der Waals surface area (Å²) in [4.78, 5) is 11.8. The Balaban J connectivity index is 1.46. The van der Waals surface area contributed by atoms with Gasteiger partial charge in [-0.3, -0.25) is 0 Å². The summed E-state index contributed by atoms with van der Waals surface area (Å²) in [6.07, 6.45) is 7.56. The highest BCUT2D eigenvalue weighted by atomic mass is 16.6. The van der Waals surface area contributed by atoms with E-state index in [1.165, 1.54) is 6.42 Å². The number of hydrogen-bond donors (Lipinski definition) is 2. The van der Waals surface area contributed by atoms with Gasteiger partial charge in [0, 0.05) is 25.3 Å². The molecule has 0 aromatic carbocycles. The fourth-order valence-electron chi connectivity index (χ4n) is 3.39. The van der Waals surface area contributed by atoms with E-state index in [0.29, 0.717) is 12.1 Å². The molecular weight excluding hydrogens is 320 g/mol. The zero-order valence-corrected chi connectivity index (χ0v) is 16.1. The highest BCUT2D eigenvalue weighted by molar-refractivity contribution is 5.68. The first-order valence-corrected chi connectivity index (χ1v) is 9.84. The normalized spacial score (nSPS) is 27.2. The van der Waals surface area contributed by atoms with Gasteiger partial charge in [0.2, 0.25) is 0 Å². The highest BCUT2D eigenvalue weighted by Gasteiger charge is 2.24. The number of carbonyl (C=O) groups is 1. The minimum absolute atomic E-state index is 0.239. The third-order valence-electron chi connectivity index (χ3n) is 4.67. The predicted octanol–water partition coefficient (Wildman–Crippen LogP) is 3.00. The first kappa shape index (κ1) is 20.5. The second kappa shape index (κ2) is 10.3. The van der Waals surface area contributed by atoms with Crippen LogP contribution in [0.25, 0.3) is 0 Å². The van der Waals surface area contributed by atoms with E-state index in [1.54, 1.807) is 0 Å². The van der Waals surface area contributed by atoms with Crippen molar-refractivity contribution in [3.05, 3.63) is 0 Å². The van der Waals surface area contributed by atoms with Crippen LogP contribution in [0.2, 0.25) is 0 Å². The topological polar surface area (TPSA) is 68.8 Å². The fraction of sp³-hybridized carbons (Fsp3) is 0.947. The number of hydrogen-bond acceptors (Lipinski definition) is 5. The number of carbonyl (C=O) groups excluding carboxylic acids is 1. The fourth-order valence-corrected chi connectivity index (χ4v) is 3.39. The summed E-state index contributed by atoms with van der Waals surface area (Å²) in [5, 5.41) is 6.59. The molecule has 0 aromatic heterocycles. The molecule has 2 aliphatic rings. The average Bonchev–Trinajstić information content (AvgIpc) is 3.04. The molecule has 1 aliphatic heterocycles. The molecule has 25 heavy (non-hydrogen) atoms. The van der Waals surface area contributed by atoms with Gasteiger partial charge in [-0.05, 0) is 72.3 Å². The van der Waals surface area contributed by atoms with Gasteiger partial charge in [-0.1, -0.05) is 0 Å². The summed E-state index contributed by atoms with van der Waals surface area (Å²) in [6.45, 7) is 9.07. The largest absolute Gasteiger partial charge is 0.444 e. The van der Waals surface area contributed by atoms with Crippen molar-refractivity contribution in [3.8, 4) is 0 Å². The van der Waals surface area contributed by atoms with Crippen molar-refractivity contribution in [1.82, 2.24) is 10.6 Å². The maximum absolute atomic E-state index is 11.8. The number of nitrogens with one attached hydrogen (secondary N) is 2. The van der Waals surface area contributed by atoms with Crippen molar-refractivity contribution in [2.45, 2.75) is 89.5 Å². The molecule has 146 valence electrons. The molecule has 1 unspecified atom stereocenters. The van der Waals surface area contributed by atoms with E-state index in [2.05, 4.69) is 10.6 Å². The van der Waals surface area contributed by atoms with Gasteiger partial charge in [0.25, 0.3) is 0 Å². The molecule has 0 bridgehead atoms. The van der Waals surface area contributed by atoms with Gasteiger partial charge in [0.05, 0.1) is 12.7 Å². The monoisotopic (exact) mass is 356 g/mol. The van der Waals surface area contributed by atoms with E-state index >= 15 is 0 Å². The number of amides is 1. The molecule has 2 N–H and O–H groups in total. The quantitative estimate of drug-likeness (QED) is 0.654. The standard InChI is InChI=1S/C19H36N2O4/c1-19(2,3)25-18(22)21-16-9-7-15(8-10-16)20-11-5-12-23-14-17-6-4-13-24-17/h15-17,20H,4-14H2,1-3H3,(H,21,22). The van der Waals surface area contributed by atoms with Crippen LogP contribution >= 0.6 is 0 Å². The van der Waals surface area contributed by atoms with Gasteiger partial charge in [-0.15, -0.1) is 0 Å². The lowest BCUT2D eigenvalue weighted by molar-refractivity contribution is 0.0164. The van der Waals surface area contributed by atoms with Crippen molar-refractivity contribution in [2.24, 2.45) is 0 Å². The van der Waals surface area contributed by atoms with Crippen LogP contribution in [0.4, 0.5) is 4.79 Å². The summed E-state index contributed by atoms with van der Waals surface area (Å²) in [5.74, 6) is 0. The SMILES string of the molecule is CC(C)(C)OC(=O)NC1CCC(NCCCOCC2CCCO2)CC1. The zero-order chi connectivity index (χ0) is 18.1. The molecule has 1 heterocycles. The van der Waals surface area contributed by atoms with E-state index in [9.17, 15) is 4.79 Å². The minimum Gasteiger partial charge on any atom is -0.444 e. The second-order valence-electron chi connectivity index (χ2n) is 8.21. The summed E-state index contributed by atoms with van der Waals surface area (Å²) in [6, 6.07) is 0.789. The third kappa shape index (κ3) is 8.88. The smallest absolute Gasteiger partial charge is 0.407 e. The second-order valence-corrected chi connectivity index (χ2v) is 8.21. The van der Waals surface area contributed by atoms with Crippen molar-refractivity contribution < 1.29 is 19.0 Å². The van der Waals surface area contributed by atoms with Crippen LogP contribution in [0.5, 0.6) is 0 Å². The predicted molar refractivity (Wildman–Crippen MR) is 97.8 cm³/mol. The average molecular weight is 357 g/mol. The van der Waals surface area contributed by atoms with Crippen LogP contribution in [0.1, 0.15) is 65.7 Å². The molecule has 2 rings (SSSR count). The lowest BCUT2D eigenvalue weighted by atomic mass is 9.91. The molecule has 0 spiro atoms. The molecule has 1 amide bonds. The van der Waals surface area contributed by atoms with Gasteiger partial charge < -0.3 is 24.8 Å². The Bertz CT molecular complexity index is 383. The van der Waals surface area contributed by atoms with E-state index in [0.717, 1.165) is 64.9 Å². The van der Waals surface area contributed by atoms with Crippen molar-refractivity contribution in [1.29, 1.82) is 0 Å². The van der Waals surface area contributed by atoms with Crippen LogP contribution < -0.4 is 10.6 Å². The van der Waals surface area contributed by atoms with Crippen molar-refractivity contribution >= 4 is 6.09 Å². The van der Waals surface area contributed by atoms with E-state index in [1.807, 2.05) is 20.8 Å². The number of ether oxygens (including phenoxy) is 3. The number of alkyl carbamates (subject to hydrolysis) is 1. The van der Waals surface area contributed by atoms with Gasteiger partial charge in [0.1, 0.15) is 5.60 Å². The van der Waals surface area contributed by atoms with Crippen molar-refractivity contribution in [3.63, 3.8) is 0 Å². The zero-order valence-electron chi connectivity index (χ0n) is 16.1. The lowest BCUT2D eigenvalue weighted by Gasteiger charge is -2.30. The summed E-state index contributed by atoms with van der Waals surface area (Å²) < 4.78 is 16.5. The lowest BCUT2D eigenvalue weighted by Crippen LogP contribution is -2.44. The van der Waals surface area contributed by atoms with Crippen LogP contribution in [0, 0.1) is 0 Å². The van der Waals surface area contributed by atoms with Gasteiger partial charge in [-0.25, -0.2) is 4.79 Å². The first-order chi connectivity index (χ1) is 11.9. The molecule has 0 radical (unpaired) electrons. The van der Waals surface area contributed by atoms with Crippen LogP contribution in [-0.4, -0.2) is 56.2 Å². The molecule has 1 aliphatic carbocycles. The Kier molecular flexibility index (Phi) is 8.46. The minimum atomic E-state index is -0.436. The molecule has 1 saturated heterocycles. The molecule has 6 nitrogen and oxygen atoms in total. The molecular formula is C19H36N2O4. The molecule has 6 heteroatoms. The Labute approximate surface area is 152 Å². The van der Waals surface area contributed by atoms with E-state index in [4.69, 9.17) is 14.2 Å². The Hall–Kier alpha value is -0.850. The van der Waals surface area contributed by atoms with Gasteiger partial charge in [-0.2, -0.15) is 0 Å². The van der Waals surface area contributed by atoms with Crippen LogP contribution in [-0.2, 0) is 14.2 Å². The van der Waals surface area contributed by atoms with E-state index < -0.39 is 5.60 Å². The maximum Gasteiger partial charge on any atom is 0.407 e. The molecule has 0 aromatic rings. The molecule has 1 atom stereocenters. The van der Waals surface area contributed by atoms with Crippen LogP contribution in [0.3, 0.4) is 0 Å². The maximum atomic E-state index is 11.8. The van der Waals surface area contributed by atoms with E-state index in [-0.39, 0.29) is 12.1 Å². The van der Waals surface area contributed by atoms with Crippen molar-refractivity contribution in [2.75, 3.05) is 26.4 Å². The third-order valence-corrected chi connectivity index (χ3v) is 4.67. The van der Waals surface area contributed by atoms with Crippen LogP contribution in [0.15, 0.2) is 0 Å². The summed E-state index contributed by atoms with van der Waals surface area (Å²) in [7, 11) is 0. The molecule has 2 fully saturated rings. The Morgan fingerprint density at radius 1 is 1.12 bits per heavy atom. The summed E-state index contributed by atoms with van der Waals surface area (Å²) >= 11 is 0. The summed E-state index contributed by atoms with van der Waals surface area (Å²) in [5.41, 5.74) is -0.436. The van der Waals surface area contributed by atoms with Gasteiger partial charge >= 0.3 is 6.09 Å². The highest BCUT2D eigenvalue weighted by Crippen LogP contribution is 2.19. The molecule has 1 saturated carbocycles. The Morgan fingerprint density at radius 2 is 1.84 bits per heavy atom. The Morgan fingerprint density at radius 3 is 2.48 bits per heavy atom. The number of rotatable bonds is 8. The van der Waals surface area contributed by atoms with Gasteiger partial charge in [0.15, 0.2) is 0 Å². The first-order valence-electron chi connectivity index (χ1n) is 9.84.